The summed E-state index contributed by atoms with van der Waals surface area (Å²) in [5, 5.41) is 3.23. The smallest absolute Gasteiger partial charge is 0.416 e. The Morgan fingerprint density at radius 3 is 2.46 bits per heavy atom. The summed E-state index contributed by atoms with van der Waals surface area (Å²) in [6.07, 6.45) is -4.38. The standard InChI is InChI=1S/C19H19ClF3N3O2/c1-28-17-6-5-14(20)12-16(17)24-18(27)26-9-7-25(8-10-26)15-4-2-3-13(11-15)19(21,22)23/h2-6,11-12H,7-10H2,1H3,(H,24,27). The third-order valence-electron chi connectivity index (χ3n) is 4.51. The Kier molecular flexibility index (Phi) is 5.88. The number of piperazine rings is 1. The molecule has 0 unspecified atom stereocenters. The molecule has 0 bridgehead atoms. The van der Waals surface area contributed by atoms with Crippen molar-refractivity contribution in [2.24, 2.45) is 0 Å². The predicted octanol–water partition coefficient (Wildman–Crippen LogP) is 4.72. The molecule has 3 rings (SSSR count). The number of methoxy groups -OCH3 is 1. The van der Waals surface area contributed by atoms with E-state index in [-0.39, 0.29) is 6.03 Å². The molecule has 0 spiro atoms. The first-order chi connectivity index (χ1) is 13.3. The Bertz CT molecular complexity index is 853. The number of nitrogens with zero attached hydrogens (tertiary/aromatic N) is 2. The van der Waals surface area contributed by atoms with Gasteiger partial charge in [0, 0.05) is 36.9 Å². The summed E-state index contributed by atoms with van der Waals surface area (Å²) in [6.45, 7) is 1.62. The van der Waals surface area contributed by atoms with Crippen LogP contribution in [0.4, 0.5) is 29.3 Å². The highest BCUT2D eigenvalue weighted by atomic mass is 35.5. The molecule has 28 heavy (non-hydrogen) atoms. The lowest BCUT2D eigenvalue weighted by Crippen LogP contribution is -2.50. The topological polar surface area (TPSA) is 44.8 Å². The maximum Gasteiger partial charge on any atom is 0.416 e. The predicted molar refractivity (Wildman–Crippen MR) is 102 cm³/mol. The van der Waals surface area contributed by atoms with Crippen molar-refractivity contribution >= 4 is 29.0 Å². The van der Waals surface area contributed by atoms with E-state index in [0.29, 0.717) is 48.3 Å². The van der Waals surface area contributed by atoms with Crippen molar-refractivity contribution in [3.05, 3.63) is 53.1 Å². The maximum atomic E-state index is 12.9. The van der Waals surface area contributed by atoms with Crippen molar-refractivity contribution in [1.82, 2.24) is 4.90 Å². The van der Waals surface area contributed by atoms with Crippen LogP contribution in [0.2, 0.25) is 5.02 Å². The highest BCUT2D eigenvalue weighted by molar-refractivity contribution is 6.31. The number of benzene rings is 2. The van der Waals surface area contributed by atoms with Crippen LogP contribution in [-0.2, 0) is 6.18 Å². The van der Waals surface area contributed by atoms with Gasteiger partial charge in [-0.3, -0.25) is 0 Å². The number of hydrogen-bond acceptors (Lipinski definition) is 3. The fraction of sp³-hybridized carbons (Fsp3) is 0.316. The molecule has 9 heteroatoms. The number of rotatable bonds is 3. The van der Waals surface area contributed by atoms with E-state index in [1.54, 1.807) is 29.2 Å². The summed E-state index contributed by atoms with van der Waals surface area (Å²) in [5.74, 6) is 0.486. The van der Waals surface area contributed by atoms with Gasteiger partial charge >= 0.3 is 12.2 Å². The molecule has 1 N–H and O–H groups in total. The van der Waals surface area contributed by atoms with Crippen LogP contribution in [0.5, 0.6) is 5.75 Å². The molecule has 0 radical (unpaired) electrons. The Hall–Kier alpha value is -2.61. The minimum absolute atomic E-state index is 0.316. The van der Waals surface area contributed by atoms with Gasteiger partial charge in [0.1, 0.15) is 5.75 Å². The third-order valence-corrected chi connectivity index (χ3v) is 4.74. The number of amides is 2. The van der Waals surface area contributed by atoms with E-state index in [9.17, 15) is 18.0 Å². The number of nitrogens with one attached hydrogen (secondary N) is 1. The number of anilines is 2. The van der Waals surface area contributed by atoms with Gasteiger partial charge in [-0.2, -0.15) is 13.2 Å². The molecule has 1 saturated heterocycles. The molecule has 0 atom stereocenters. The zero-order valence-electron chi connectivity index (χ0n) is 15.1. The quantitative estimate of drug-likeness (QED) is 0.791. The third kappa shape index (κ3) is 4.62. The normalized spacial score (nSPS) is 14.8. The number of carbonyl (C=O) groups is 1. The molecule has 1 heterocycles. The fourth-order valence-corrected chi connectivity index (χ4v) is 3.19. The Labute approximate surface area is 165 Å². The van der Waals surface area contributed by atoms with Gasteiger partial charge in [-0.05, 0) is 36.4 Å². The zero-order chi connectivity index (χ0) is 20.3. The monoisotopic (exact) mass is 413 g/mol. The van der Waals surface area contributed by atoms with E-state index >= 15 is 0 Å². The van der Waals surface area contributed by atoms with E-state index in [4.69, 9.17) is 16.3 Å². The highest BCUT2D eigenvalue weighted by Gasteiger charge is 2.31. The molecule has 1 fully saturated rings. The van der Waals surface area contributed by atoms with E-state index in [0.717, 1.165) is 12.1 Å². The summed E-state index contributed by atoms with van der Waals surface area (Å²) >= 11 is 5.97. The van der Waals surface area contributed by atoms with Crippen molar-refractivity contribution in [3.63, 3.8) is 0 Å². The molecule has 0 aliphatic carbocycles. The van der Waals surface area contributed by atoms with Gasteiger partial charge in [0.25, 0.3) is 0 Å². The van der Waals surface area contributed by atoms with E-state index in [1.165, 1.54) is 13.2 Å². The van der Waals surface area contributed by atoms with Gasteiger partial charge in [0.2, 0.25) is 0 Å². The molecule has 2 aromatic carbocycles. The summed E-state index contributed by atoms with van der Waals surface area (Å²) in [6, 6.07) is 9.80. The van der Waals surface area contributed by atoms with Gasteiger partial charge in [0.15, 0.2) is 0 Å². The van der Waals surface area contributed by atoms with Gasteiger partial charge in [-0.1, -0.05) is 17.7 Å². The summed E-state index contributed by atoms with van der Waals surface area (Å²) in [5.41, 5.74) is 0.268. The first kappa shape index (κ1) is 20.1. The van der Waals surface area contributed by atoms with Crippen LogP contribution in [-0.4, -0.2) is 44.2 Å². The van der Waals surface area contributed by atoms with Crippen molar-refractivity contribution < 1.29 is 22.7 Å². The second-order valence-corrected chi connectivity index (χ2v) is 6.73. The molecule has 2 amide bonds. The number of halogens is 4. The Morgan fingerprint density at radius 1 is 1.11 bits per heavy atom. The number of urea groups is 1. The zero-order valence-corrected chi connectivity index (χ0v) is 15.8. The van der Waals surface area contributed by atoms with E-state index in [1.807, 2.05) is 4.90 Å². The lowest BCUT2D eigenvalue weighted by atomic mass is 10.1. The molecular formula is C19H19ClF3N3O2. The van der Waals surface area contributed by atoms with Crippen LogP contribution in [0, 0.1) is 0 Å². The SMILES string of the molecule is COc1ccc(Cl)cc1NC(=O)N1CCN(c2cccc(C(F)(F)F)c2)CC1. The van der Waals surface area contributed by atoms with Crippen LogP contribution in [0.15, 0.2) is 42.5 Å². The molecule has 0 aromatic heterocycles. The Morgan fingerprint density at radius 2 is 1.82 bits per heavy atom. The number of ether oxygens (including phenoxy) is 1. The lowest BCUT2D eigenvalue weighted by molar-refractivity contribution is -0.137. The molecule has 2 aromatic rings. The molecule has 1 aliphatic rings. The molecular weight excluding hydrogens is 395 g/mol. The lowest BCUT2D eigenvalue weighted by Gasteiger charge is -2.36. The molecule has 150 valence electrons. The minimum atomic E-state index is -4.38. The second kappa shape index (κ2) is 8.18. The van der Waals surface area contributed by atoms with Crippen LogP contribution < -0.4 is 15.0 Å². The average molecular weight is 414 g/mol. The van der Waals surface area contributed by atoms with E-state index in [2.05, 4.69) is 5.32 Å². The average Bonchev–Trinajstić information content (AvgIpc) is 2.68. The van der Waals surface area contributed by atoms with Crippen LogP contribution in [0.25, 0.3) is 0 Å². The van der Waals surface area contributed by atoms with Gasteiger partial charge in [-0.25, -0.2) is 4.79 Å². The minimum Gasteiger partial charge on any atom is -0.495 e. The second-order valence-electron chi connectivity index (χ2n) is 6.30. The first-order valence-corrected chi connectivity index (χ1v) is 8.97. The summed E-state index contributed by atoms with van der Waals surface area (Å²) < 4.78 is 43.9. The fourth-order valence-electron chi connectivity index (χ4n) is 3.02. The van der Waals surface area contributed by atoms with Gasteiger partial charge in [-0.15, -0.1) is 0 Å². The van der Waals surface area contributed by atoms with Crippen LogP contribution >= 0.6 is 11.6 Å². The number of alkyl halides is 3. The van der Waals surface area contributed by atoms with Crippen molar-refractivity contribution in [1.29, 1.82) is 0 Å². The summed E-state index contributed by atoms with van der Waals surface area (Å²) in [7, 11) is 1.49. The van der Waals surface area contributed by atoms with Gasteiger partial charge in [0.05, 0.1) is 18.4 Å². The van der Waals surface area contributed by atoms with Crippen molar-refractivity contribution in [2.75, 3.05) is 43.5 Å². The Balaban J connectivity index is 1.63. The number of hydrogen-bond donors (Lipinski definition) is 1. The highest BCUT2D eigenvalue weighted by Crippen LogP contribution is 2.32. The van der Waals surface area contributed by atoms with Crippen molar-refractivity contribution in [3.8, 4) is 5.75 Å². The molecule has 5 nitrogen and oxygen atoms in total. The van der Waals surface area contributed by atoms with Crippen LogP contribution in [0.3, 0.4) is 0 Å². The number of carbonyl (C=O) groups excluding carboxylic acids is 1. The maximum absolute atomic E-state index is 12.9. The molecule has 0 saturated carbocycles. The van der Waals surface area contributed by atoms with Crippen LogP contribution in [0.1, 0.15) is 5.56 Å². The molecule has 1 aliphatic heterocycles. The van der Waals surface area contributed by atoms with E-state index < -0.39 is 11.7 Å². The largest absolute Gasteiger partial charge is 0.495 e. The summed E-state index contributed by atoms with van der Waals surface area (Å²) in [4.78, 5) is 16.0. The van der Waals surface area contributed by atoms with Crippen molar-refractivity contribution in [2.45, 2.75) is 6.18 Å². The first-order valence-electron chi connectivity index (χ1n) is 8.59. The van der Waals surface area contributed by atoms with Gasteiger partial charge < -0.3 is 19.9 Å².